The Bertz CT molecular complexity index is 940. The van der Waals surface area contributed by atoms with Crippen molar-refractivity contribution in [1.29, 1.82) is 0 Å². The van der Waals surface area contributed by atoms with Crippen molar-refractivity contribution in [2.75, 3.05) is 19.5 Å². The summed E-state index contributed by atoms with van der Waals surface area (Å²) in [5.41, 5.74) is -0.345. The molecule has 160 valence electrons. The van der Waals surface area contributed by atoms with Crippen LogP contribution in [0.2, 0.25) is 0 Å². The molecule has 0 saturated heterocycles. The number of amides is 1. The molecule has 1 N–H and O–H groups in total. The number of benzene rings is 2. The van der Waals surface area contributed by atoms with Crippen LogP contribution in [-0.4, -0.2) is 32.2 Å². The standard InChI is InChI=1S/C21H20F3NO5/c1-13(20(27)25-17-12-16(28-2)8-9-18(17)29-3)30-19(26)10-7-14-5-4-6-15(11-14)21(22,23)24/h4-13H,1-3H3,(H,25,27)/b10-7+. The van der Waals surface area contributed by atoms with Gasteiger partial charge in [-0.15, -0.1) is 0 Å². The normalized spacial score (nSPS) is 12.3. The van der Waals surface area contributed by atoms with Crippen molar-refractivity contribution in [3.63, 3.8) is 0 Å². The van der Waals surface area contributed by atoms with Crippen molar-refractivity contribution < 1.29 is 37.0 Å². The number of ether oxygens (including phenoxy) is 3. The van der Waals surface area contributed by atoms with Gasteiger partial charge in [-0.1, -0.05) is 12.1 Å². The summed E-state index contributed by atoms with van der Waals surface area (Å²) in [5.74, 6) is -0.637. The van der Waals surface area contributed by atoms with Gasteiger partial charge < -0.3 is 19.5 Å². The van der Waals surface area contributed by atoms with E-state index in [-0.39, 0.29) is 5.56 Å². The van der Waals surface area contributed by atoms with Crippen LogP contribution in [0.1, 0.15) is 18.1 Å². The van der Waals surface area contributed by atoms with Gasteiger partial charge in [-0.05, 0) is 42.8 Å². The second-order valence-electron chi connectivity index (χ2n) is 6.09. The number of halogens is 3. The highest BCUT2D eigenvalue weighted by Crippen LogP contribution is 2.30. The quantitative estimate of drug-likeness (QED) is 0.531. The smallest absolute Gasteiger partial charge is 0.416 e. The number of nitrogens with one attached hydrogen (secondary N) is 1. The third-order valence-electron chi connectivity index (χ3n) is 3.95. The van der Waals surface area contributed by atoms with Crippen LogP contribution in [0.3, 0.4) is 0 Å². The van der Waals surface area contributed by atoms with Gasteiger partial charge in [-0.3, -0.25) is 4.79 Å². The molecule has 0 aliphatic heterocycles. The molecule has 0 spiro atoms. The Morgan fingerprint density at radius 2 is 1.80 bits per heavy atom. The summed E-state index contributed by atoms with van der Waals surface area (Å²) < 4.78 is 53.4. The summed E-state index contributed by atoms with van der Waals surface area (Å²) in [6.45, 7) is 1.36. The third kappa shape index (κ3) is 6.26. The first-order valence-corrected chi connectivity index (χ1v) is 8.73. The molecule has 1 amide bonds. The highest BCUT2D eigenvalue weighted by Gasteiger charge is 2.30. The fourth-order valence-electron chi connectivity index (χ4n) is 2.40. The number of hydrogen-bond donors (Lipinski definition) is 1. The molecule has 0 saturated carbocycles. The highest BCUT2D eigenvalue weighted by atomic mass is 19.4. The predicted octanol–water partition coefficient (Wildman–Crippen LogP) is 4.31. The molecular formula is C21H20F3NO5. The minimum absolute atomic E-state index is 0.167. The van der Waals surface area contributed by atoms with E-state index in [1.807, 2.05) is 0 Å². The van der Waals surface area contributed by atoms with E-state index in [0.29, 0.717) is 17.2 Å². The third-order valence-corrected chi connectivity index (χ3v) is 3.95. The van der Waals surface area contributed by atoms with Crippen molar-refractivity contribution in [2.24, 2.45) is 0 Å². The van der Waals surface area contributed by atoms with Crippen LogP contribution in [0.25, 0.3) is 6.08 Å². The molecule has 0 aromatic heterocycles. The number of anilines is 1. The number of methoxy groups -OCH3 is 2. The fraction of sp³-hybridized carbons (Fsp3) is 0.238. The first-order valence-electron chi connectivity index (χ1n) is 8.73. The maximum Gasteiger partial charge on any atom is 0.416 e. The Kier molecular flexibility index (Phi) is 7.46. The fourth-order valence-corrected chi connectivity index (χ4v) is 2.40. The predicted molar refractivity (Wildman–Crippen MR) is 104 cm³/mol. The Balaban J connectivity index is 2.00. The van der Waals surface area contributed by atoms with Crippen LogP contribution < -0.4 is 14.8 Å². The molecule has 2 aromatic carbocycles. The first kappa shape index (κ1) is 22.8. The van der Waals surface area contributed by atoms with Crippen molar-refractivity contribution in [1.82, 2.24) is 0 Å². The minimum Gasteiger partial charge on any atom is -0.497 e. The van der Waals surface area contributed by atoms with Gasteiger partial charge in [0.05, 0.1) is 25.5 Å². The summed E-state index contributed by atoms with van der Waals surface area (Å²) >= 11 is 0. The van der Waals surface area contributed by atoms with E-state index >= 15 is 0 Å². The maximum absolute atomic E-state index is 12.7. The molecule has 9 heteroatoms. The monoisotopic (exact) mass is 423 g/mol. The molecule has 6 nitrogen and oxygen atoms in total. The van der Waals surface area contributed by atoms with Gasteiger partial charge in [0.25, 0.3) is 5.91 Å². The van der Waals surface area contributed by atoms with E-state index in [1.165, 1.54) is 39.4 Å². The molecule has 0 fully saturated rings. The van der Waals surface area contributed by atoms with E-state index in [4.69, 9.17) is 14.2 Å². The molecule has 0 bridgehead atoms. The molecule has 1 unspecified atom stereocenters. The second kappa shape index (κ2) is 9.82. The Labute approximate surface area is 171 Å². The Morgan fingerprint density at radius 3 is 2.43 bits per heavy atom. The van der Waals surface area contributed by atoms with E-state index in [9.17, 15) is 22.8 Å². The zero-order valence-electron chi connectivity index (χ0n) is 16.4. The lowest BCUT2D eigenvalue weighted by Crippen LogP contribution is -2.29. The molecule has 1 atom stereocenters. The topological polar surface area (TPSA) is 73.9 Å². The van der Waals surface area contributed by atoms with Crippen molar-refractivity contribution in [2.45, 2.75) is 19.2 Å². The molecule has 0 heterocycles. The van der Waals surface area contributed by atoms with Crippen LogP contribution in [0.15, 0.2) is 48.5 Å². The van der Waals surface area contributed by atoms with Gasteiger partial charge in [-0.25, -0.2) is 4.79 Å². The summed E-state index contributed by atoms with van der Waals surface area (Å²) in [4.78, 5) is 24.2. The Morgan fingerprint density at radius 1 is 1.07 bits per heavy atom. The number of esters is 1. The molecule has 0 aliphatic carbocycles. The van der Waals surface area contributed by atoms with Gasteiger partial charge in [-0.2, -0.15) is 13.2 Å². The average molecular weight is 423 g/mol. The lowest BCUT2D eigenvalue weighted by molar-refractivity contribution is -0.148. The Hall–Kier alpha value is -3.49. The molecular weight excluding hydrogens is 403 g/mol. The highest BCUT2D eigenvalue weighted by molar-refractivity contribution is 5.97. The lowest BCUT2D eigenvalue weighted by atomic mass is 10.1. The van der Waals surface area contributed by atoms with Crippen molar-refractivity contribution in [3.8, 4) is 11.5 Å². The minimum atomic E-state index is -4.49. The molecule has 30 heavy (non-hydrogen) atoms. The second-order valence-corrected chi connectivity index (χ2v) is 6.09. The summed E-state index contributed by atoms with van der Waals surface area (Å²) in [6, 6.07) is 9.25. The number of carbonyl (C=O) groups excluding carboxylic acids is 2. The van der Waals surface area contributed by atoms with Crippen molar-refractivity contribution in [3.05, 3.63) is 59.7 Å². The van der Waals surface area contributed by atoms with Crippen LogP contribution in [0.4, 0.5) is 18.9 Å². The maximum atomic E-state index is 12.7. The number of alkyl halides is 3. The van der Waals surface area contributed by atoms with Gasteiger partial charge in [0.1, 0.15) is 11.5 Å². The average Bonchev–Trinajstić information content (AvgIpc) is 2.71. The SMILES string of the molecule is COc1ccc(OC)c(NC(=O)C(C)OC(=O)/C=C/c2cccc(C(F)(F)F)c2)c1. The lowest BCUT2D eigenvalue weighted by Gasteiger charge is -2.15. The summed E-state index contributed by atoms with van der Waals surface area (Å²) in [5, 5.41) is 2.57. The number of hydrogen-bond acceptors (Lipinski definition) is 5. The zero-order chi connectivity index (χ0) is 22.3. The van der Waals surface area contributed by atoms with Crippen LogP contribution >= 0.6 is 0 Å². The van der Waals surface area contributed by atoms with E-state index in [1.54, 1.807) is 18.2 Å². The van der Waals surface area contributed by atoms with E-state index in [2.05, 4.69) is 5.32 Å². The molecule has 2 aromatic rings. The van der Waals surface area contributed by atoms with Crippen LogP contribution in [-0.2, 0) is 20.5 Å². The number of carbonyl (C=O) groups is 2. The van der Waals surface area contributed by atoms with E-state index < -0.39 is 29.7 Å². The van der Waals surface area contributed by atoms with Gasteiger partial charge in [0.2, 0.25) is 0 Å². The van der Waals surface area contributed by atoms with E-state index in [0.717, 1.165) is 18.2 Å². The summed E-state index contributed by atoms with van der Waals surface area (Å²) in [7, 11) is 2.90. The summed E-state index contributed by atoms with van der Waals surface area (Å²) in [6.07, 6.45) is -3.53. The first-order chi connectivity index (χ1) is 14.1. The zero-order valence-corrected chi connectivity index (χ0v) is 16.4. The van der Waals surface area contributed by atoms with Crippen LogP contribution in [0.5, 0.6) is 11.5 Å². The molecule has 0 radical (unpaired) electrons. The van der Waals surface area contributed by atoms with Crippen LogP contribution in [0, 0.1) is 0 Å². The van der Waals surface area contributed by atoms with Gasteiger partial charge in [0.15, 0.2) is 6.10 Å². The number of rotatable bonds is 7. The van der Waals surface area contributed by atoms with Gasteiger partial charge >= 0.3 is 12.1 Å². The molecule has 2 rings (SSSR count). The molecule has 0 aliphatic rings. The van der Waals surface area contributed by atoms with Crippen molar-refractivity contribution >= 4 is 23.6 Å². The van der Waals surface area contributed by atoms with Gasteiger partial charge in [0, 0.05) is 12.1 Å². The largest absolute Gasteiger partial charge is 0.497 e.